The van der Waals surface area contributed by atoms with Crippen LogP contribution in [0.3, 0.4) is 0 Å². The summed E-state index contributed by atoms with van der Waals surface area (Å²) in [4.78, 5) is 36.8. The van der Waals surface area contributed by atoms with Crippen LogP contribution in [-0.2, 0) is 11.3 Å². The summed E-state index contributed by atoms with van der Waals surface area (Å²) in [6, 6.07) is 31.2. The second kappa shape index (κ2) is 17.9. The maximum atomic E-state index is 14.5. The van der Waals surface area contributed by atoms with Crippen molar-refractivity contribution in [1.82, 2.24) is 34.3 Å². The number of aromatic amines is 1. The van der Waals surface area contributed by atoms with Gasteiger partial charge in [0.1, 0.15) is 12.4 Å². The summed E-state index contributed by atoms with van der Waals surface area (Å²) in [6.07, 6.45) is 4.33. The lowest BCUT2D eigenvalue weighted by atomic mass is 10.0. The van der Waals surface area contributed by atoms with Gasteiger partial charge in [0, 0.05) is 54.9 Å². The first kappa shape index (κ1) is 41.0. The molecule has 1 aliphatic heterocycles. The molecule has 1 unspecified atom stereocenters. The molecule has 12 nitrogen and oxygen atoms in total. The van der Waals surface area contributed by atoms with Gasteiger partial charge in [-0.1, -0.05) is 62.4 Å². The van der Waals surface area contributed by atoms with Gasteiger partial charge in [-0.3, -0.25) is 9.78 Å². The largest absolute Gasteiger partial charge is 0.372 e. The number of H-pyrrole nitrogens is 1. The van der Waals surface area contributed by atoms with Crippen molar-refractivity contribution in [3.8, 4) is 28.1 Å². The monoisotopic (exact) mass is 829 g/mol. The van der Waals surface area contributed by atoms with Crippen molar-refractivity contribution in [2.45, 2.75) is 58.4 Å². The van der Waals surface area contributed by atoms with Crippen LogP contribution in [0, 0.1) is 17.5 Å². The predicted octanol–water partition coefficient (Wildman–Crippen LogP) is 7.95. The molecule has 0 aliphatic carbocycles. The van der Waals surface area contributed by atoms with Gasteiger partial charge in [-0.15, -0.1) is 0 Å². The highest BCUT2D eigenvalue weighted by Gasteiger charge is 2.25. The standard InChI is InChI=1S/C46H46F3N9O3/c1-4-40(30(3)61-28-31-9-7-6-8-10-31)57-46(60)56(29-51-57)36-18-16-35(17-19-36)55-25-23-54(24-26-55)34-14-11-32(12-15-34)33-13-22-39(50-27-33)41(5-2)58-52-44(45(59)53-58)37-20-21-38(47)43(49)42(37)48/h6-22,27,29-30,40-41H,4-5,23-26,28H2,1-3H3,(H,53,59)/t30-,40-,41?/m0/s1. The number of benzene rings is 4. The van der Waals surface area contributed by atoms with Crippen molar-refractivity contribution in [1.29, 1.82) is 0 Å². The second-order valence-electron chi connectivity index (χ2n) is 15.1. The Morgan fingerprint density at radius 2 is 1.38 bits per heavy atom. The van der Waals surface area contributed by atoms with E-state index in [1.807, 2.05) is 75.4 Å². The zero-order chi connectivity index (χ0) is 42.6. The van der Waals surface area contributed by atoms with Crippen molar-refractivity contribution in [2.24, 2.45) is 0 Å². The summed E-state index contributed by atoms with van der Waals surface area (Å²) in [5, 5.41) is 11.3. The first-order valence-corrected chi connectivity index (χ1v) is 20.4. The fourth-order valence-corrected chi connectivity index (χ4v) is 7.90. The highest BCUT2D eigenvalue weighted by Crippen LogP contribution is 2.28. The summed E-state index contributed by atoms with van der Waals surface area (Å²) < 4.78 is 51.1. The van der Waals surface area contributed by atoms with Crippen LogP contribution in [0.1, 0.15) is 57.0 Å². The molecule has 1 N–H and O–H groups in total. The molecule has 1 aliphatic rings. The number of hydrogen-bond acceptors (Lipinski definition) is 8. The van der Waals surface area contributed by atoms with Crippen LogP contribution >= 0.6 is 0 Å². The highest BCUT2D eigenvalue weighted by atomic mass is 19.2. The van der Waals surface area contributed by atoms with Crippen LogP contribution in [-0.4, -0.2) is 66.6 Å². The van der Waals surface area contributed by atoms with Gasteiger partial charge in [-0.05, 0) is 85.5 Å². The third kappa shape index (κ3) is 8.51. The minimum absolute atomic E-state index is 0.198. The predicted molar refractivity (Wildman–Crippen MR) is 229 cm³/mol. The molecule has 3 atom stereocenters. The molecule has 1 fully saturated rings. The van der Waals surface area contributed by atoms with E-state index in [2.05, 4.69) is 66.5 Å². The molecule has 3 aromatic heterocycles. The number of piperazine rings is 1. The smallest absolute Gasteiger partial charge is 0.350 e. The summed E-state index contributed by atoms with van der Waals surface area (Å²) in [5.41, 5.74) is 4.85. The van der Waals surface area contributed by atoms with E-state index < -0.39 is 34.6 Å². The van der Waals surface area contributed by atoms with Gasteiger partial charge in [-0.25, -0.2) is 32.3 Å². The number of anilines is 2. The van der Waals surface area contributed by atoms with Crippen molar-refractivity contribution < 1.29 is 17.9 Å². The Kier molecular flexibility index (Phi) is 12.0. The molecule has 1 saturated heterocycles. The Labute approximate surface area is 350 Å². The number of rotatable bonds is 14. The third-order valence-electron chi connectivity index (χ3n) is 11.4. The zero-order valence-corrected chi connectivity index (χ0v) is 34.1. The molecule has 15 heteroatoms. The van der Waals surface area contributed by atoms with Gasteiger partial charge >= 0.3 is 5.69 Å². The van der Waals surface area contributed by atoms with Crippen LogP contribution in [0.4, 0.5) is 24.5 Å². The lowest BCUT2D eigenvalue weighted by molar-refractivity contribution is 0.0117. The van der Waals surface area contributed by atoms with E-state index in [-0.39, 0.29) is 23.5 Å². The molecule has 314 valence electrons. The molecule has 61 heavy (non-hydrogen) atoms. The van der Waals surface area contributed by atoms with Crippen molar-refractivity contribution in [3.05, 3.63) is 165 Å². The van der Waals surface area contributed by atoms with E-state index in [1.165, 1.54) is 9.48 Å². The number of nitrogens with zero attached hydrogens (tertiary/aromatic N) is 8. The molecule has 8 rings (SSSR count). The number of halogens is 3. The number of nitrogens with one attached hydrogen (secondary N) is 1. The number of ether oxygens (including phenoxy) is 1. The number of pyridine rings is 1. The molecule has 4 heterocycles. The molecule has 0 bridgehead atoms. The van der Waals surface area contributed by atoms with Gasteiger partial charge in [0.05, 0.1) is 30.1 Å². The lowest BCUT2D eigenvalue weighted by Gasteiger charge is -2.37. The fraction of sp³-hybridized carbons (Fsp3) is 0.283. The minimum atomic E-state index is -1.66. The van der Waals surface area contributed by atoms with E-state index in [0.29, 0.717) is 25.1 Å². The average Bonchev–Trinajstić information content (AvgIpc) is 3.87. The molecule has 7 aromatic rings. The third-order valence-corrected chi connectivity index (χ3v) is 11.4. The molecule has 0 radical (unpaired) electrons. The van der Waals surface area contributed by atoms with E-state index in [1.54, 1.807) is 17.1 Å². The van der Waals surface area contributed by atoms with Gasteiger partial charge in [0.15, 0.2) is 23.1 Å². The molecule has 4 aromatic carbocycles. The quantitative estimate of drug-likeness (QED) is 0.110. The Hall–Kier alpha value is -6.74. The van der Waals surface area contributed by atoms with Crippen LogP contribution in [0.15, 0.2) is 125 Å². The van der Waals surface area contributed by atoms with Crippen molar-refractivity contribution in [3.63, 3.8) is 0 Å². The van der Waals surface area contributed by atoms with E-state index >= 15 is 0 Å². The Morgan fingerprint density at radius 1 is 0.738 bits per heavy atom. The van der Waals surface area contributed by atoms with Gasteiger partial charge in [-0.2, -0.15) is 15.0 Å². The molecular formula is C46H46F3N9O3. The first-order chi connectivity index (χ1) is 29.6. The van der Waals surface area contributed by atoms with E-state index in [0.717, 1.165) is 72.1 Å². The molecule has 0 spiro atoms. The van der Waals surface area contributed by atoms with E-state index in [4.69, 9.17) is 4.74 Å². The Balaban J connectivity index is 0.865. The summed E-state index contributed by atoms with van der Waals surface area (Å²) in [6.45, 7) is 9.72. The number of aromatic nitrogens is 7. The van der Waals surface area contributed by atoms with Gasteiger partial charge in [0.2, 0.25) is 0 Å². The SMILES string of the molecule is CCC(c1ccc(-c2ccc(N3CCN(c4ccc(-n5cnn([C@@H](CC)[C@H](C)OCc6ccccc6)c5=O)cc4)CC3)cc2)cn1)n1nc(-c2ccc(F)c(F)c2F)c(=O)[nH]1. The van der Waals surface area contributed by atoms with Crippen molar-refractivity contribution in [2.75, 3.05) is 36.0 Å². The van der Waals surface area contributed by atoms with E-state index in [9.17, 15) is 22.8 Å². The fourth-order valence-electron chi connectivity index (χ4n) is 7.90. The zero-order valence-electron chi connectivity index (χ0n) is 34.1. The van der Waals surface area contributed by atoms with Crippen LogP contribution < -0.4 is 21.0 Å². The maximum Gasteiger partial charge on any atom is 0.350 e. The Bertz CT molecular complexity index is 2690. The average molecular weight is 830 g/mol. The minimum Gasteiger partial charge on any atom is -0.372 e. The molecular weight excluding hydrogens is 784 g/mol. The summed E-state index contributed by atoms with van der Waals surface area (Å²) in [7, 11) is 0. The van der Waals surface area contributed by atoms with Crippen LogP contribution in [0.25, 0.3) is 28.1 Å². The topological polar surface area (TPSA) is 119 Å². The van der Waals surface area contributed by atoms with Gasteiger partial charge < -0.3 is 14.5 Å². The Morgan fingerprint density at radius 3 is 2.00 bits per heavy atom. The maximum absolute atomic E-state index is 14.5. The summed E-state index contributed by atoms with van der Waals surface area (Å²) in [5.74, 6) is -4.48. The lowest BCUT2D eigenvalue weighted by Crippen LogP contribution is -2.46. The number of hydrogen-bond donors (Lipinski definition) is 1. The normalized spacial score (nSPS) is 14.6. The second-order valence-corrected chi connectivity index (χ2v) is 15.1. The van der Waals surface area contributed by atoms with Crippen LogP contribution in [0.2, 0.25) is 0 Å². The molecule has 0 amide bonds. The highest BCUT2D eigenvalue weighted by molar-refractivity contribution is 5.66. The summed E-state index contributed by atoms with van der Waals surface area (Å²) >= 11 is 0. The first-order valence-electron chi connectivity index (χ1n) is 20.4. The molecule has 0 saturated carbocycles. The van der Waals surface area contributed by atoms with Crippen LogP contribution in [0.5, 0.6) is 0 Å². The van der Waals surface area contributed by atoms with Gasteiger partial charge in [0.25, 0.3) is 5.56 Å². The van der Waals surface area contributed by atoms with Crippen molar-refractivity contribution >= 4 is 11.4 Å².